The number of amides is 1. The van der Waals surface area contributed by atoms with E-state index >= 15 is 0 Å². The molecule has 0 spiro atoms. The number of para-hydroxylation sites is 3. The molecule has 0 saturated carbocycles. The fourth-order valence-electron chi connectivity index (χ4n) is 2.90. The van der Waals surface area contributed by atoms with Gasteiger partial charge in [-0.3, -0.25) is 9.69 Å². The van der Waals surface area contributed by atoms with Crippen molar-refractivity contribution in [2.45, 2.75) is 6.54 Å². The number of carbonyl (C=O) groups excluding carboxylic acids is 1. The fourth-order valence-corrected chi connectivity index (χ4v) is 3.71. The molecule has 144 valence electrons. The van der Waals surface area contributed by atoms with Crippen molar-refractivity contribution < 1.29 is 14.3 Å². The second-order valence-electron chi connectivity index (χ2n) is 6.38. The van der Waals surface area contributed by atoms with Gasteiger partial charge in [-0.15, -0.1) is 11.3 Å². The van der Waals surface area contributed by atoms with Crippen molar-refractivity contribution in [2.75, 3.05) is 31.6 Å². The molecule has 2 heterocycles. The number of hydrogen-bond acceptors (Lipinski definition) is 6. The molecule has 1 aliphatic heterocycles. The van der Waals surface area contributed by atoms with Gasteiger partial charge in [0.05, 0.1) is 25.4 Å². The highest BCUT2D eigenvalue weighted by Gasteiger charge is 2.16. The summed E-state index contributed by atoms with van der Waals surface area (Å²) in [6.45, 7) is 4.03. The molecule has 28 heavy (non-hydrogen) atoms. The fraction of sp³-hybridized carbons (Fsp3) is 0.238. The molecule has 0 radical (unpaired) electrons. The van der Waals surface area contributed by atoms with E-state index < -0.39 is 0 Å². The van der Waals surface area contributed by atoms with Crippen LogP contribution in [0.3, 0.4) is 0 Å². The molecule has 1 N–H and O–H groups in total. The molecule has 6 nitrogen and oxygen atoms in total. The number of anilines is 1. The SMILES string of the molecule is O=C(Nc1ccccc1Oc1ccccc1)c1csc(CN2CCOCC2)n1. The first kappa shape index (κ1) is 18.6. The zero-order valence-corrected chi connectivity index (χ0v) is 16.2. The maximum Gasteiger partial charge on any atom is 0.275 e. The van der Waals surface area contributed by atoms with Crippen molar-refractivity contribution in [3.05, 3.63) is 70.7 Å². The average molecular weight is 395 g/mol. The highest BCUT2D eigenvalue weighted by molar-refractivity contribution is 7.09. The highest BCUT2D eigenvalue weighted by atomic mass is 32.1. The van der Waals surface area contributed by atoms with Crippen molar-refractivity contribution in [3.8, 4) is 11.5 Å². The molecule has 0 bridgehead atoms. The van der Waals surface area contributed by atoms with Gasteiger partial charge in [-0.1, -0.05) is 30.3 Å². The van der Waals surface area contributed by atoms with Crippen molar-refractivity contribution >= 4 is 22.9 Å². The minimum atomic E-state index is -0.242. The van der Waals surface area contributed by atoms with Crippen LogP contribution in [0.2, 0.25) is 0 Å². The Balaban J connectivity index is 1.42. The Kier molecular flexibility index (Phi) is 5.96. The highest BCUT2D eigenvalue weighted by Crippen LogP contribution is 2.29. The molecular formula is C21H21N3O3S. The molecule has 4 rings (SSSR count). The molecule has 2 aromatic carbocycles. The normalized spacial score (nSPS) is 14.6. The smallest absolute Gasteiger partial charge is 0.275 e. The van der Waals surface area contributed by atoms with E-state index in [1.807, 2.05) is 54.6 Å². The van der Waals surface area contributed by atoms with E-state index in [2.05, 4.69) is 15.2 Å². The number of benzene rings is 2. The number of morpholine rings is 1. The summed E-state index contributed by atoms with van der Waals surface area (Å²) in [5.74, 6) is 1.06. The van der Waals surface area contributed by atoms with Crippen molar-refractivity contribution in [3.63, 3.8) is 0 Å². The Morgan fingerprint density at radius 2 is 1.86 bits per heavy atom. The predicted molar refractivity (Wildman–Crippen MR) is 109 cm³/mol. The Hall–Kier alpha value is -2.74. The number of hydrogen-bond donors (Lipinski definition) is 1. The molecule has 0 unspecified atom stereocenters. The lowest BCUT2D eigenvalue weighted by molar-refractivity contribution is 0.0341. The quantitative estimate of drug-likeness (QED) is 0.683. The third-order valence-corrected chi connectivity index (χ3v) is 5.19. The van der Waals surface area contributed by atoms with Crippen molar-refractivity contribution in [2.24, 2.45) is 0 Å². The monoisotopic (exact) mass is 395 g/mol. The first-order valence-corrected chi connectivity index (χ1v) is 10.0. The summed E-state index contributed by atoms with van der Waals surface area (Å²) >= 11 is 1.50. The number of carbonyl (C=O) groups is 1. The minimum Gasteiger partial charge on any atom is -0.455 e. The van der Waals surface area contributed by atoms with Gasteiger partial charge in [-0.2, -0.15) is 0 Å². The Morgan fingerprint density at radius 1 is 1.11 bits per heavy atom. The number of rotatable bonds is 6. The molecule has 1 amide bonds. The van der Waals surface area contributed by atoms with Crippen LogP contribution in [0.4, 0.5) is 5.69 Å². The minimum absolute atomic E-state index is 0.242. The van der Waals surface area contributed by atoms with Crippen LogP contribution in [0.5, 0.6) is 11.5 Å². The largest absolute Gasteiger partial charge is 0.455 e. The average Bonchev–Trinajstić information content (AvgIpc) is 3.20. The van der Waals surface area contributed by atoms with Crippen LogP contribution in [0.1, 0.15) is 15.5 Å². The molecular weight excluding hydrogens is 374 g/mol. The molecule has 1 aromatic heterocycles. The summed E-state index contributed by atoms with van der Waals surface area (Å²) in [4.78, 5) is 19.5. The zero-order chi connectivity index (χ0) is 19.2. The Bertz CT molecular complexity index is 923. The number of thiazole rings is 1. The van der Waals surface area contributed by atoms with E-state index in [0.717, 1.165) is 37.9 Å². The van der Waals surface area contributed by atoms with Gasteiger partial charge < -0.3 is 14.8 Å². The first-order valence-electron chi connectivity index (χ1n) is 9.16. The van der Waals surface area contributed by atoms with Crippen LogP contribution in [-0.4, -0.2) is 42.1 Å². The van der Waals surface area contributed by atoms with Gasteiger partial charge in [0.2, 0.25) is 0 Å². The molecule has 3 aromatic rings. The van der Waals surface area contributed by atoms with Gasteiger partial charge in [0.1, 0.15) is 16.5 Å². The van der Waals surface area contributed by atoms with E-state index in [1.54, 1.807) is 5.38 Å². The summed E-state index contributed by atoms with van der Waals surface area (Å²) in [6, 6.07) is 16.9. The summed E-state index contributed by atoms with van der Waals surface area (Å²) in [7, 11) is 0. The summed E-state index contributed by atoms with van der Waals surface area (Å²) in [6.07, 6.45) is 0. The van der Waals surface area contributed by atoms with Gasteiger partial charge >= 0.3 is 0 Å². The molecule has 0 aliphatic carbocycles. The van der Waals surface area contributed by atoms with E-state index in [9.17, 15) is 4.79 Å². The van der Waals surface area contributed by atoms with Gasteiger partial charge in [-0.25, -0.2) is 4.98 Å². The van der Waals surface area contributed by atoms with E-state index in [-0.39, 0.29) is 5.91 Å². The summed E-state index contributed by atoms with van der Waals surface area (Å²) in [5, 5.41) is 5.64. The number of aromatic nitrogens is 1. The predicted octanol–water partition coefficient (Wildman–Crippen LogP) is 4.02. The molecule has 1 saturated heterocycles. The van der Waals surface area contributed by atoms with Gasteiger partial charge in [0.15, 0.2) is 5.75 Å². The maximum atomic E-state index is 12.7. The standard InChI is InChI=1S/C21H21N3O3S/c25-21(18-15-28-20(22-18)14-24-10-12-26-13-11-24)23-17-8-4-5-9-19(17)27-16-6-2-1-3-7-16/h1-9,15H,10-14H2,(H,23,25). The second-order valence-corrected chi connectivity index (χ2v) is 7.32. The van der Waals surface area contributed by atoms with E-state index in [0.29, 0.717) is 22.9 Å². The lowest BCUT2D eigenvalue weighted by Crippen LogP contribution is -2.35. The van der Waals surface area contributed by atoms with Gasteiger partial charge in [0.25, 0.3) is 5.91 Å². The van der Waals surface area contributed by atoms with Gasteiger partial charge in [-0.05, 0) is 24.3 Å². The molecule has 0 atom stereocenters. The third kappa shape index (κ3) is 4.75. The molecule has 7 heteroatoms. The summed E-state index contributed by atoms with van der Waals surface area (Å²) in [5.41, 5.74) is 1.03. The first-order chi connectivity index (χ1) is 13.8. The number of nitrogens with zero attached hydrogens (tertiary/aromatic N) is 2. The summed E-state index contributed by atoms with van der Waals surface area (Å²) < 4.78 is 11.3. The van der Waals surface area contributed by atoms with Crippen LogP contribution in [-0.2, 0) is 11.3 Å². The zero-order valence-electron chi connectivity index (χ0n) is 15.3. The third-order valence-electron chi connectivity index (χ3n) is 4.35. The Morgan fingerprint density at radius 3 is 2.68 bits per heavy atom. The van der Waals surface area contributed by atoms with Crippen LogP contribution in [0, 0.1) is 0 Å². The maximum absolute atomic E-state index is 12.7. The van der Waals surface area contributed by atoms with Crippen LogP contribution >= 0.6 is 11.3 Å². The van der Waals surface area contributed by atoms with Crippen LogP contribution < -0.4 is 10.1 Å². The Labute approximate surface area is 167 Å². The van der Waals surface area contributed by atoms with Gasteiger partial charge in [0, 0.05) is 18.5 Å². The second kappa shape index (κ2) is 8.97. The van der Waals surface area contributed by atoms with Crippen LogP contribution in [0.15, 0.2) is 60.0 Å². The van der Waals surface area contributed by atoms with Crippen LogP contribution in [0.25, 0.3) is 0 Å². The molecule has 1 aliphatic rings. The topological polar surface area (TPSA) is 63.7 Å². The lowest BCUT2D eigenvalue weighted by atomic mass is 10.2. The lowest BCUT2D eigenvalue weighted by Gasteiger charge is -2.25. The van der Waals surface area contributed by atoms with Crippen molar-refractivity contribution in [1.82, 2.24) is 9.88 Å². The number of ether oxygens (including phenoxy) is 2. The molecule has 1 fully saturated rings. The number of nitrogens with one attached hydrogen (secondary N) is 1. The van der Waals surface area contributed by atoms with Crippen molar-refractivity contribution in [1.29, 1.82) is 0 Å². The van der Waals surface area contributed by atoms with E-state index in [4.69, 9.17) is 9.47 Å². The van der Waals surface area contributed by atoms with E-state index in [1.165, 1.54) is 11.3 Å².